The second kappa shape index (κ2) is 10.4. The molecule has 1 heterocycles. The van der Waals surface area contributed by atoms with Crippen molar-refractivity contribution in [1.82, 2.24) is 4.90 Å². The van der Waals surface area contributed by atoms with Crippen LogP contribution in [0.2, 0.25) is 0 Å². The first kappa shape index (κ1) is 24.0. The topological polar surface area (TPSA) is 66.9 Å². The molecule has 7 heteroatoms. The van der Waals surface area contributed by atoms with Gasteiger partial charge in [0.1, 0.15) is 0 Å². The fraction of sp³-hybridized carbons (Fsp3) is 0.296. The van der Waals surface area contributed by atoms with Gasteiger partial charge in [-0.15, -0.1) is 0 Å². The SMILES string of the molecule is CCOC(=O)c1ccc(N2CCN(Cc3ccccc3-c3ccc(S(C)(=O)=O)cc3)CC2)cc1. The zero-order chi connectivity index (χ0) is 24.1. The number of hydrogen-bond donors (Lipinski definition) is 0. The lowest BCUT2D eigenvalue weighted by molar-refractivity contribution is 0.0526. The minimum atomic E-state index is -3.21. The molecule has 3 aromatic carbocycles. The Morgan fingerprint density at radius 2 is 1.53 bits per heavy atom. The summed E-state index contributed by atoms with van der Waals surface area (Å²) in [6.45, 7) is 6.69. The van der Waals surface area contributed by atoms with E-state index in [9.17, 15) is 13.2 Å². The number of carbonyl (C=O) groups excluding carboxylic acids is 1. The maximum absolute atomic E-state index is 11.9. The van der Waals surface area contributed by atoms with Crippen LogP contribution in [0.5, 0.6) is 0 Å². The lowest BCUT2D eigenvalue weighted by Crippen LogP contribution is -2.46. The largest absolute Gasteiger partial charge is 0.462 e. The third kappa shape index (κ3) is 5.66. The Balaban J connectivity index is 1.40. The molecule has 1 aliphatic heterocycles. The fourth-order valence-electron chi connectivity index (χ4n) is 4.25. The summed E-state index contributed by atoms with van der Waals surface area (Å²) in [5.74, 6) is -0.288. The molecule has 0 aliphatic carbocycles. The summed E-state index contributed by atoms with van der Waals surface area (Å²) in [4.78, 5) is 17.0. The highest BCUT2D eigenvalue weighted by Gasteiger charge is 2.19. The number of anilines is 1. The Labute approximate surface area is 201 Å². The molecular weight excluding hydrogens is 448 g/mol. The molecule has 1 saturated heterocycles. The summed E-state index contributed by atoms with van der Waals surface area (Å²) >= 11 is 0. The standard InChI is InChI=1S/C27H30N2O4S/c1-3-33-27(30)22-8-12-24(13-9-22)29-18-16-28(17-19-29)20-23-6-4-5-7-26(23)21-10-14-25(15-11-21)34(2,31)32/h4-15H,3,16-20H2,1-2H3. The molecule has 1 aliphatic rings. The van der Waals surface area contributed by atoms with E-state index in [1.54, 1.807) is 19.1 Å². The van der Waals surface area contributed by atoms with Crippen LogP contribution in [0.1, 0.15) is 22.8 Å². The van der Waals surface area contributed by atoms with Gasteiger partial charge in [-0.05, 0) is 60.0 Å². The average Bonchev–Trinajstić information content (AvgIpc) is 2.85. The molecule has 3 aromatic rings. The summed E-state index contributed by atoms with van der Waals surface area (Å²) in [7, 11) is -3.21. The van der Waals surface area contributed by atoms with E-state index in [4.69, 9.17) is 4.74 Å². The molecule has 0 unspecified atom stereocenters. The molecule has 0 aromatic heterocycles. The summed E-state index contributed by atoms with van der Waals surface area (Å²) in [5, 5.41) is 0. The Morgan fingerprint density at radius 1 is 0.882 bits per heavy atom. The van der Waals surface area contributed by atoms with E-state index in [0.717, 1.165) is 49.5 Å². The summed E-state index contributed by atoms with van der Waals surface area (Å²) < 4.78 is 28.6. The van der Waals surface area contributed by atoms with Crippen LogP contribution in [0.25, 0.3) is 11.1 Å². The van der Waals surface area contributed by atoms with E-state index in [1.165, 1.54) is 11.8 Å². The first-order valence-electron chi connectivity index (χ1n) is 11.5. The Morgan fingerprint density at radius 3 is 2.15 bits per heavy atom. The van der Waals surface area contributed by atoms with Gasteiger partial charge in [0.15, 0.2) is 9.84 Å². The van der Waals surface area contributed by atoms with E-state index < -0.39 is 9.84 Å². The smallest absolute Gasteiger partial charge is 0.338 e. The number of benzene rings is 3. The molecule has 0 N–H and O–H groups in total. The maximum Gasteiger partial charge on any atom is 0.338 e. The number of hydrogen-bond acceptors (Lipinski definition) is 6. The van der Waals surface area contributed by atoms with E-state index in [-0.39, 0.29) is 5.97 Å². The first-order valence-corrected chi connectivity index (χ1v) is 13.4. The second-order valence-electron chi connectivity index (χ2n) is 8.48. The van der Waals surface area contributed by atoms with E-state index >= 15 is 0 Å². The van der Waals surface area contributed by atoms with Crippen LogP contribution in [0, 0.1) is 0 Å². The molecule has 0 radical (unpaired) electrons. The lowest BCUT2D eigenvalue weighted by atomic mass is 9.99. The van der Waals surface area contributed by atoms with Gasteiger partial charge in [-0.25, -0.2) is 13.2 Å². The number of nitrogens with zero attached hydrogens (tertiary/aromatic N) is 2. The quantitative estimate of drug-likeness (QED) is 0.473. The molecule has 6 nitrogen and oxygen atoms in total. The van der Waals surface area contributed by atoms with Crippen LogP contribution >= 0.6 is 0 Å². The van der Waals surface area contributed by atoms with Gasteiger partial charge in [0, 0.05) is 44.7 Å². The van der Waals surface area contributed by atoms with Crippen molar-refractivity contribution in [2.75, 3.05) is 43.9 Å². The summed E-state index contributed by atoms with van der Waals surface area (Å²) in [6, 6.07) is 23.0. The molecule has 0 saturated carbocycles. The second-order valence-corrected chi connectivity index (χ2v) is 10.5. The molecule has 0 spiro atoms. The lowest BCUT2D eigenvalue weighted by Gasteiger charge is -2.36. The van der Waals surface area contributed by atoms with Crippen LogP contribution in [0.15, 0.2) is 77.7 Å². The number of carbonyl (C=O) groups is 1. The fourth-order valence-corrected chi connectivity index (χ4v) is 4.88. The van der Waals surface area contributed by atoms with Crippen LogP contribution in [-0.2, 0) is 21.1 Å². The first-order chi connectivity index (χ1) is 16.3. The normalized spacial score (nSPS) is 14.7. The highest BCUT2D eigenvalue weighted by molar-refractivity contribution is 7.90. The van der Waals surface area contributed by atoms with Crippen molar-refractivity contribution in [3.8, 4) is 11.1 Å². The van der Waals surface area contributed by atoms with Gasteiger partial charge < -0.3 is 9.64 Å². The number of piperazine rings is 1. The van der Waals surface area contributed by atoms with Crippen molar-refractivity contribution in [2.24, 2.45) is 0 Å². The molecular formula is C27H30N2O4S. The minimum absolute atomic E-state index is 0.288. The minimum Gasteiger partial charge on any atom is -0.462 e. The van der Waals surface area contributed by atoms with Crippen LogP contribution in [0.3, 0.4) is 0 Å². The van der Waals surface area contributed by atoms with E-state index in [1.807, 2.05) is 48.5 Å². The molecule has 0 atom stereocenters. The Kier molecular flexibility index (Phi) is 7.34. The molecule has 34 heavy (non-hydrogen) atoms. The molecule has 178 valence electrons. The third-order valence-electron chi connectivity index (χ3n) is 6.12. The van der Waals surface area contributed by atoms with Gasteiger partial charge in [-0.2, -0.15) is 0 Å². The van der Waals surface area contributed by atoms with Crippen LogP contribution < -0.4 is 4.90 Å². The zero-order valence-electron chi connectivity index (χ0n) is 19.6. The third-order valence-corrected chi connectivity index (χ3v) is 7.25. The molecule has 0 bridgehead atoms. The van der Waals surface area contributed by atoms with E-state index in [0.29, 0.717) is 17.1 Å². The summed E-state index contributed by atoms with van der Waals surface area (Å²) in [6.07, 6.45) is 1.23. The predicted octanol–water partition coefficient (Wildman–Crippen LogP) is 4.26. The van der Waals surface area contributed by atoms with E-state index in [2.05, 4.69) is 21.9 Å². The molecule has 1 fully saturated rings. The molecule has 4 rings (SSSR count). The monoisotopic (exact) mass is 478 g/mol. The number of sulfone groups is 1. The highest BCUT2D eigenvalue weighted by Crippen LogP contribution is 2.27. The predicted molar refractivity (Wildman–Crippen MR) is 135 cm³/mol. The van der Waals surface area contributed by atoms with Gasteiger partial charge in [0.05, 0.1) is 17.1 Å². The van der Waals surface area contributed by atoms with Crippen LogP contribution in [0.4, 0.5) is 5.69 Å². The average molecular weight is 479 g/mol. The highest BCUT2D eigenvalue weighted by atomic mass is 32.2. The zero-order valence-corrected chi connectivity index (χ0v) is 20.4. The van der Waals surface area contributed by atoms with Crippen molar-refractivity contribution in [2.45, 2.75) is 18.4 Å². The van der Waals surface area contributed by atoms with Crippen molar-refractivity contribution in [1.29, 1.82) is 0 Å². The maximum atomic E-state index is 11.9. The van der Waals surface area contributed by atoms with Crippen molar-refractivity contribution < 1.29 is 17.9 Å². The van der Waals surface area contributed by atoms with Crippen molar-refractivity contribution in [3.63, 3.8) is 0 Å². The Hall–Kier alpha value is -3.16. The number of esters is 1. The number of rotatable bonds is 7. The van der Waals surface area contributed by atoms with Gasteiger partial charge in [-0.1, -0.05) is 36.4 Å². The summed E-state index contributed by atoms with van der Waals surface area (Å²) in [5.41, 5.74) is 5.05. The van der Waals surface area contributed by atoms with Crippen molar-refractivity contribution in [3.05, 3.63) is 83.9 Å². The van der Waals surface area contributed by atoms with Gasteiger partial charge in [0.25, 0.3) is 0 Å². The molecule has 0 amide bonds. The van der Waals surface area contributed by atoms with Gasteiger partial charge in [0.2, 0.25) is 0 Å². The number of ether oxygens (including phenoxy) is 1. The van der Waals surface area contributed by atoms with Gasteiger partial charge >= 0.3 is 5.97 Å². The Bertz CT molecular complexity index is 1230. The van der Waals surface area contributed by atoms with Crippen LogP contribution in [-0.4, -0.2) is 58.3 Å². The van der Waals surface area contributed by atoms with Crippen molar-refractivity contribution >= 4 is 21.5 Å². The van der Waals surface area contributed by atoms with Gasteiger partial charge in [-0.3, -0.25) is 4.90 Å².